The molecule has 1 heterocycles. The molecule has 0 spiro atoms. The highest BCUT2D eigenvalue weighted by Crippen LogP contribution is 2.33. The van der Waals surface area contributed by atoms with Crippen LogP contribution in [0.5, 0.6) is 16.7 Å². The zero-order chi connectivity index (χ0) is 13.0. The topological polar surface area (TPSA) is 57.4 Å². The molecule has 0 aliphatic carbocycles. The van der Waals surface area contributed by atoms with Crippen LogP contribution in [-0.4, -0.2) is 12.1 Å². The molecule has 0 bridgehead atoms. The minimum absolute atomic E-state index is 0.480. The summed E-state index contributed by atoms with van der Waals surface area (Å²) in [5.41, 5.74) is 7.63. The van der Waals surface area contributed by atoms with Gasteiger partial charge in [0.2, 0.25) is 0 Å². The second kappa shape index (κ2) is 5.84. The number of nitrogens with two attached hydrogens (primary N) is 1. The highest BCUT2D eigenvalue weighted by atomic mass is 32.1. The number of rotatable bonds is 5. The predicted octanol–water partition coefficient (Wildman–Crippen LogP) is 2.97. The van der Waals surface area contributed by atoms with Crippen LogP contribution < -0.4 is 15.2 Å². The standard InChI is InChI=1S/C13H16N2O2S/c1-3-10-8-18-13(15-10)17-11-5-4-9(7-14)6-12(11)16-2/h4-6,8H,3,7,14H2,1-2H3. The zero-order valence-corrected chi connectivity index (χ0v) is 11.3. The summed E-state index contributed by atoms with van der Waals surface area (Å²) in [6.45, 7) is 2.54. The van der Waals surface area contributed by atoms with E-state index in [9.17, 15) is 0 Å². The summed E-state index contributed by atoms with van der Waals surface area (Å²) >= 11 is 1.48. The molecule has 0 radical (unpaired) electrons. The fourth-order valence-corrected chi connectivity index (χ4v) is 2.28. The number of nitrogens with zero attached hydrogens (tertiary/aromatic N) is 1. The normalized spacial score (nSPS) is 10.4. The SMILES string of the molecule is CCc1csc(Oc2ccc(CN)cc2OC)n1. The summed E-state index contributed by atoms with van der Waals surface area (Å²) in [4.78, 5) is 4.36. The van der Waals surface area contributed by atoms with Crippen molar-refractivity contribution in [3.05, 3.63) is 34.8 Å². The van der Waals surface area contributed by atoms with E-state index in [1.807, 2.05) is 23.6 Å². The average Bonchev–Trinajstić information content (AvgIpc) is 2.87. The van der Waals surface area contributed by atoms with Crippen molar-refractivity contribution in [3.63, 3.8) is 0 Å². The maximum Gasteiger partial charge on any atom is 0.279 e. The maximum atomic E-state index is 5.72. The van der Waals surface area contributed by atoms with E-state index >= 15 is 0 Å². The van der Waals surface area contributed by atoms with E-state index in [2.05, 4.69) is 11.9 Å². The van der Waals surface area contributed by atoms with Crippen molar-refractivity contribution in [2.45, 2.75) is 19.9 Å². The molecule has 2 aromatic rings. The smallest absolute Gasteiger partial charge is 0.279 e. The molecule has 0 amide bonds. The molecule has 0 aliphatic rings. The molecule has 5 heteroatoms. The van der Waals surface area contributed by atoms with E-state index in [4.69, 9.17) is 15.2 Å². The number of hydrogen-bond donors (Lipinski definition) is 1. The van der Waals surface area contributed by atoms with Gasteiger partial charge in [-0.1, -0.05) is 24.3 Å². The van der Waals surface area contributed by atoms with Crippen molar-refractivity contribution in [1.29, 1.82) is 0 Å². The summed E-state index contributed by atoms with van der Waals surface area (Å²) in [7, 11) is 1.61. The van der Waals surface area contributed by atoms with Gasteiger partial charge in [0.15, 0.2) is 11.5 Å². The first kappa shape index (κ1) is 12.9. The summed E-state index contributed by atoms with van der Waals surface area (Å²) in [6, 6.07) is 5.66. The quantitative estimate of drug-likeness (QED) is 0.902. The fourth-order valence-electron chi connectivity index (χ4n) is 1.52. The molecule has 0 aliphatic heterocycles. The largest absolute Gasteiger partial charge is 0.493 e. The van der Waals surface area contributed by atoms with Crippen LogP contribution in [0.25, 0.3) is 0 Å². The molecule has 2 N–H and O–H groups in total. The molecule has 0 saturated heterocycles. The Bertz CT molecular complexity index is 525. The molecule has 18 heavy (non-hydrogen) atoms. The van der Waals surface area contributed by atoms with E-state index in [0.717, 1.165) is 17.7 Å². The predicted molar refractivity (Wildman–Crippen MR) is 72.5 cm³/mol. The highest BCUT2D eigenvalue weighted by Gasteiger charge is 2.09. The number of ether oxygens (including phenoxy) is 2. The van der Waals surface area contributed by atoms with Gasteiger partial charge in [-0.25, -0.2) is 4.98 Å². The van der Waals surface area contributed by atoms with Gasteiger partial charge in [0.25, 0.3) is 5.19 Å². The van der Waals surface area contributed by atoms with E-state index in [0.29, 0.717) is 23.2 Å². The minimum atomic E-state index is 0.480. The van der Waals surface area contributed by atoms with Crippen LogP contribution in [0.1, 0.15) is 18.2 Å². The summed E-state index contributed by atoms with van der Waals surface area (Å²) in [6.07, 6.45) is 0.906. The van der Waals surface area contributed by atoms with Crippen molar-refractivity contribution >= 4 is 11.3 Å². The third-order valence-corrected chi connectivity index (χ3v) is 3.32. The summed E-state index contributed by atoms with van der Waals surface area (Å²) < 4.78 is 11.0. The fraction of sp³-hybridized carbons (Fsp3) is 0.308. The first-order chi connectivity index (χ1) is 8.76. The first-order valence-electron chi connectivity index (χ1n) is 5.76. The lowest BCUT2D eigenvalue weighted by Crippen LogP contribution is -1.98. The second-order valence-corrected chi connectivity index (χ2v) is 4.57. The van der Waals surface area contributed by atoms with Gasteiger partial charge in [-0.15, -0.1) is 0 Å². The van der Waals surface area contributed by atoms with Gasteiger partial charge in [-0.05, 0) is 24.1 Å². The third kappa shape index (κ3) is 2.80. The van der Waals surface area contributed by atoms with Crippen molar-refractivity contribution in [2.24, 2.45) is 5.73 Å². The number of aromatic nitrogens is 1. The molecule has 0 atom stereocenters. The van der Waals surface area contributed by atoms with Gasteiger partial charge in [0.1, 0.15) is 0 Å². The Kier molecular flexibility index (Phi) is 4.17. The van der Waals surface area contributed by atoms with Crippen LogP contribution in [0.4, 0.5) is 0 Å². The van der Waals surface area contributed by atoms with Crippen molar-refractivity contribution < 1.29 is 9.47 Å². The molecule has 0 saturated carbocycles. The van der Waals surface area contributed by atoms with E-state index < -0.39 is 0 Å². The number of thiazole rings is 1. The Balaban J connectivity index is 2.22. The van der Waals surface area contributed by atoms with Crippen LogP contribution in [-0.2, 0) is 13.0 Å². The molecular weight excluding hydrogens is 248 g/mol. The molecule has 0 unspecified atom stereocenters. The lowest BCUT2D eigenvalue weighted by atomic mass is 10.2. The van der Waals surface area contributed by atoms with Crippen LogP contribution in [0.15, 0.2) is 23.6 Å². The Morgan fingerprint density at radius 1 is 1.33 bits per heavy atom. The Labute approximate surface area is 110 Å². The monoisotopic (exact) mass is 264 g/mol. The molecule has 1 aromatic heterocycles. The van der Waals surface area contributed by atoms with Crippen molar-refractivity contribution in [2.75, 3.05) is 7.11 Å². The van der Waals surface area contributed by atoms with Crippen LogP contribution >= 0.6 is 11.3 Å². The first-order valence-corrected chi connectivity index (χ1v) is 6.64. The molecule has 2 rings (SSSR count). The lowest BCUT2D eigenvalue weighted by Gasteiger charge is -2.09. The van der Waals surface area contributed by atoms with Crippen LogP contribution in [0, 0.1) is 0 Å². The van der Waals surface area contributed by atoms with Crippen molar-refractivity contribution in [3.8, 4) is 16.7 Å². The van der Waals surface area contributed by atoms with Gasteiger partial charge in [0.05, 0.1) is 12.8 Å². The van der Waals surface area contributed by atoms with Gasteiger partial charge in [-0.2, -0.15) is 0 Å². The zero-order valence-electron chi connectivity index (χ0n) is 10.5. The molecule has 4 nitrogen and oxygen atoms in total. The average molecular weight is 264 g/mol. The Hall–Kier alpha value is -1.59. The third-order valence-electron chi connectivity index (χ3n) is 2.55. The van der Waals surface area contributed by atoms with Gasteiger partial charge in [0, 0.05) is 11.9 Å². The number of benzene rings is 1. The Morgan fingerprint density at radius 3 is 2.78 bits per heavy atom. The molecular formula is C13H16N2O2S. The number of hydrogen-bond acceptors (Lipinski definition) is 5. The van der Waals surface area contributed by atoms with Crippen LogP contribution in [0.3, 0.4) is 0 Å². The van der Waals surface area contributed by atoms with Gasteiger partial charge < -0.3 is 15.2 Å². The highest BCUT2D eigenvalue weighted by molar-refractivity contribution is 7.11. The molecule has 96 valence electrons. The van der Waals surface area contributed by atoms with Crippen LogP contribution in [0.2, 0.25) is 0 Å². The summed E-state index contributed by atoms with van der Waals surface area (Å²) in [5.74, 6) is 1.33. The summed E-state index contributed by atoms with van der Waals surface area (Å²) in [5, 5.41) is 2.63. The number of aryl methyl sites for hydroxylation is 1. The van der Waals surface area contributed by atoms with E-state index in [1.54, 1.807) is 7.11 Å². The molecule has 0 fully saturated rings. The maximum absolute atomic E-state index is 5.72. The second-order valence-electron chi connectivity index (χ2n) is 3.75. The van der Waals surface area contributed by atoms with Crippen molar-refractivity contribution in [1.82, 2.24) is 4.98 Å². The molecule has 1 aromatic carbocycles. The van der Waals surface area contributed by atoms with E-state index in [1.165, 1.54) is 11.3 Å². The van der Waals surface area contributed by atoms with E-state index in [-0.39, 0.29) is 0 Å². The lowest BCUT2D eigenvalue weighted by molar-refractivity contribution is 0.377. The Morgan fingerprint density at radius 2 is 2.17 bits per heavy atom. The van der Waals surface area contributed by atoms with Gasteiger partial charge >= 0.3 is 0 Å². The number of methoxy groups -OCH3 is 1. The minimum Gasteiger partial charge on any atom is -0.493 e. The van der Waals surface area contributed by atoms with Gasteiger partial charge in [-0.3, -0.25) is 0 Å².